The second-order valence-corrected chi connectivity index (χ2v) is 6.50. The maximum absolute atomic E-state index is 12.2. The number of halogens is 1. The number of benzene rings is 1. The van der Waals surface area contributed by atoms with E-state index in [1.54, 1.807) is 22.9 Å². The van der Waals surface area contributed by atoms with Gasteiger partial charge in [-0.15, -0.1) is 5.10 Å². The van der Waals surface area contributed by atoms with Crippen molar-refractivity contribution in [1.29, 1.82) is 0 Å². The van der Waals surface area contributed by atoms with Crippen molar-refractivity contribution in [3.8, 4) is 5.82 Å². The molecule has 25 heavy (non-hydrogen) atoms. The fraction of sp³-hybridized carbons (Fsp3) is 0.176. The van der Waals surface area contributed by atoms with Gasteiger partial charge in [-0.1, -0.05) is 22.0 Å². The Hall–Kier alpha value is -2.74. The third-order valence-electron chi connectivity index (χ3n) is 3.48. The van der Waals surface area contributed by atoms with Gasteiger partial charge in [0, 0.05) is 21.9 Å². The minimum absolute atomic E-state index is 0.182. The van der Waals surface area contributed by atoms with E-state index >= 15 is 0 Å². The molecule has 8 heteroatoms. The molecule has 0 saturated heterocycles. The second-order valence-electron chi connectivity index (χ2n) is 5.58. The zero-order chi connectivity index (χ0) is 18.0. The van der Waals surface area contributed by atoms with Gasteiger partial charge in [-0.25, -0.2) is 9.36 Å². The van der Waals surface area contributed by atoms with Crippen molar-refractivity contribution in [2.24, 2.45) is 0 Å². The first kappa shape index (κ1) is 17.1. The predicted molar refractivity (Wildman–Crippen MR) is 97.9 cm³/mol. The molecule has 0 unspecified atom stereocenters. The normalized spacial score (nSPS) is 10.7. The topological polar surface area (TPSA) is 81.8 Å². The molecule has 3 rings (SSSR count). The van der Waals surface area contributed by atoms with Crippen molar-refractivity contribution in [3.63, 3.8) is 0 Å². The van der Waals surface area contributed by atoms with Gasteiger partial charge in [0.05, 0.1) is 5.69 Å². The van der Waals surface area contributed by atoms with Gasteiger partial charge in [0.25, 0.3) is 5.56 Å². The largest absolute Gasteiger partial charge is 0.324 e. The summed E-state index contributed by atoms with van der Waals surface area (Å²) in [5, 5.41) is 11.3. The third-order valence-corrected chi connectivity index (χ3v) is 3.97. The molecular weight excluding hydrogens is 386 g/mol. The van der Waals surface area contributed by atoms with Crippen LogP contribution in [0.5, 0.6) is 0 Å². The third kappa shape index (κ3) is 4.03. The molecule has 0 saturated carbocycles. The molecule has 0 aliphatic carbocycles. The van der Waals surface area contributed by atoms with E-state index in [0.717, 1.165) is 20.5 Å². The molecule has 0 aliphatic heterocycles. The van der Waals surface area contributed by atoms with Gasteiger partial charge in [-0.3, -0.25) is 9.59 Å². The number of nitrogens with zero attached hydrogens (tertiary/aromatic N) is 4. The van der Waals surface area contributed by atoms with Crippen LogP contribution in [-0.4, -0.2) is 25.5 Å². The van der Waals surface area contributed by atoms with E-state index in [-0.39, 0.29) is 18.0 Å². The van der Waals surface area contributed by atoms with Crippen LogP contribution in [0.4, 0.5) is 5.69 Å². The molecule has 128 valence electrons. The Morgan fingerprint density at radius 2 is 1.96 bits per heavy atom. The molecule has 3 aromatic rings. The SMILES string of the molecule is Cc1cc(C)n(-c2ccc(=O)n(CC(=O)Nc3cccc(Br)c3)n2)n1. The summed E-state index contributed by atoms with van der Waals surface area (Å²) in [6.45, 7) is 3.60. The minimum Gasteiger partial charge on any atom is -0.324 e. The quantitative estimate of drug-likeness (QED) is 0.727. The molecule has 2 aromatic heterocycles. The first-order valence-corrected chi connectivity index (χ1v) is 8.39. The van der Waals surface area contributed by atoms with Gasteiger partial charge in [0.15, 0.2) is 5.82 Å². The number of carbonyl (C=O) groups excluding carboxylic acids is 1. The molecule has 0 aliphatic rings. The van der Waals surface area contributed by atoms with Gasteiger partial charge in [-0.05, 0) is 44.2 Å². The molecule has 0 fully saturated rings. The van der Waals surface area contributed by atoms with Crippen LogP contribution in [0.25, 0.3) is 5.82 Å². The Bertz CT molecular complexity index is 993. The summed E-state index contributed by atoms with van der Waals surface area (Å²) < 4.78 is 3.61. The summed E-state index contributed by atoms with van der Waals surface area (Å²) in [7, 11) is 0. The van der Waals surface area contributed by atoms with E-state index in [4.69, 9.17) is 0 Å². The van der Waals surface area contributed by atoms with Crippen molar-refractivity contribution >= 4 is 27.5 Å². The van der Waals surface area contributed by atoms with Crippen LogP contribution in [0.15, 0.2) is 51.7 Å². The van der Waals surface area contributed by atoms with E-state index in [2.05, 4.69) is 31.4 Å². The molecule has 0 bridgehead atoms. The molecule has 1 amide bonds. The van der Waals surface area contributed by atoms with E-state index in [1.165, 1.54) is 6.07 Å². The molecule has 7 nitrogen and oxygen atoms in total. The number of nitrogens with one attached hydrogen (secondary N) is 1. The Morgan fingerprint density at radius 3 is 2.64 bits per heavy atom. The second kappa shape index (κ2) is 7.02. The number of hydrogen-bond donors (Lipinski definition) is 1. The number of aryl methyl sites for hydroxylation is 2. The maximum atomic E-state index is 12.2. The summed E-state index contributed by atoms with van der Waals surface area (Å²) in [6.07, 6.45) is 0. The molecule has 1 aromatic carbocycles. The highest BCUT2D eigenvalue weighted by Gasteiger charge is 2.10. The molecular formula is C17H16BrN5O2. The fourth-order valence-corrected chi connectivity index (χ4v) is 2.83. The lowest BCUT2D eigenvalue weighted by Gasteiger charge is -2.09. The van der Waals surface area contributed by atoms with E-state index in [0.29, 0.717) is 11.5 Å². The summed E-state index contributed by atoms with van der Waals surface area (Å²) in [4.78, 5) is 24.2. The minimum atomic E-state index is -0.352. The molecule has 0 atom stereocenters. The summed E-state index contributed by atoms with van der Waals surface area (Å²) in [6, 6.07) is 12.1. The highest BCUT2D eigenvalue weighted by Crippen LogP contribution is 2.15. The maximum Gasteiger partial charge on any atom is 0.267 e. The highest BCUT2D eigenvalue weighted by atomic mass is 79.9. The average Bonchev–Trinajstić information content (AvgIpc) is 2.88. The van der Waals surface area contributed by atoms with Crippen LogP contribution in [0.1, 0.15) is 11.4 Å². The number of aromatic nitrogens is 4. The zero-order valence-electron chi connectivity index (χ0n) is 13.7. The molecule has 0 spiro atoms. The van der Waals surface area contributed by atoms with Gasteiger partial charge in [0.2, 0.25) is 5.91 Å². The van der Waals surface area contributed by atoms with E-state index < -0.39 is 0 Å². The van der Waals surface area contributed by atoms with Crippen LogP contribution in [0, 0.1) is 13.8 Å². The number of hydrogen-bond acceptors (Lipinski definition) is 4. The molecule has 2 heterocycles. The highest BCUT2D eigenvalue weighted by molar-refractivity contribution is 9.10. The number of carbonyl (C=O) groups is 1. The van der Waals surface area contributed by atoms with Crippen molar-refractivity contribution in [2.45, 2.75) is 20.4 Å². The number of rotatable bonds is 4. The van der Waals surface area contributed by atoms with Crippen LogP contribution < -0.4 is 10.9 Å². The monoisotopic (exact) mass is 401 g/mol. The Kier molecular flexibility index (Phi) is 4.80. The lowest BCUT2D eigenvalue weighted by Crippen LogP contribution is -2.30. The van der Waals surface area contributed by atoms with Gasteiger partial charge >= 0.3 is 0 Å². The van der Waals surface area contributed by atoms with Crippen LogP contribution >= 0.6 is 15.9 Å². The van der Waals surface area contributed by atoms with Gasteiger partial charge < -0.3 is 5.32 Å². The Labute approximate surface area is 152 Å². The predicted octanol–water partition coefficient (Wildman–Crippen LogP) is 2.45. The smallest absolute Gasteiger partial charge is 0.267 e. The lowest BCUT2D eigenvalue weighted by molar-refractivity contribution is -0.117. The summed E-state index contributed by atoms with van der Waals surface area (Å²) >= 11 is 3.35. The van der Waals surface area contributed by atoms with Gasteiger partial charge in [0.1, 0.15) is 6.54 Å². The van der Waals surface area contributed by atoms with Crippen LogP contribution in [0.3, 0.4) is 0 Å². The number of anilines is 1. The zero-order valence-corrected chi connectivity index (χ0v) is 15.3. The average molecular weight is 402 g/mol. The summed E-state index contributed by atoms with van der Waals surface area (Å²) in [5.74, 6) is 0.152. The lowest BCUT2D eigenvalue weighted by atomic mass is 10.3. The Balaban J connectivity index is 1.82. The van der Waals surface area contributed by atoms with E-state index in [1.807, 2.05) is 32.0 Å². The first-order chi connectivity index (χ1) is 11.9. The van der Waals surface area contributed by atoms with Crippen LogP contribution in [0.2, 0.25) is 0 Å². The van der Waals surface area contributed by atoms with Crippen molar-refractivity contribution in [3.05, 3.63) is 68.7 Å². The molecule has 0 radical (unpaired) electrons. The van der Waals surface area contributed by atoms with Gasteiger partial charge in [-0.2, -0.15) is 5.10 Å². The van der Waals surface area contributed by atoms with Crippen molar-refractivity contribution in [1.82, 2.24) is 19.6 Å². The van der Waals surface area contributed by atoms with Crippen molar-refractivity contribution in [2.75, 3.05) is 5.32 Å². The van der Waals surface area contributed by atoms with Crippen molar-refractivity contribution < 1.29 is 4.79 Å². The number of amides is 1. The molecule has 1 N–H and O–H groups in total. The summed E-state index contributed by atoms with van der Waals surface area (Å²) in [5.41, 5.74) is 2.04. The Morgan fingerprint density at radius 1 is 1.16 bits per heavy atom. The first-order valence-electron chi connectivity index (χ1n) is 7.59. The van der Waals surface area contributed by atoms with E-state index in [9.17, 15) is 9.59 Å². The standard InChI is InChI=1S/C17H16BrN5O2/c1-11-8-12(2)23(20-11)15-6-7-17(25)22(21-15)10-16(24)19-14-5-3-4-13(18)9-14/h3-9H,10H2,1-2H3,(H,19,24). The fourth-order valence-electron chi connectivity index (χ4n) is 2.43. The van der Waals surface area contributed by atoms with Crippen LogP contribution in [-0.2, 0) is 11.3 Å².